The summed E-state index contributed by atoms with van der Waals surface area (Å²) in [5.41, 5.74) is 0. The first-order valence-corrected chi connectivity index (χ1v) is 6.43. The summed E-state index contributed by atoms with van der Waals surface area (Å²) in [7, 11) is -8.97. The molecule has 2 heterocycles. The molecule has 0 unspecified atom stereocenters. The molecule has 2 aliphatic heterocycles. The predicted octanol–water partition coefficient (Wildman–Crippen LogP) is -2.62. The van der Waals surface area contributed by atoms with Crippen molar-refractivity contribution < 1.29 is 73.3 Å². The second kappa shape index (κ2) is 3.84. The van der Waals surface area contributed by atoms with Crippen molar-refractivity contribution in [2.24, 2.45) is 0 Å². The van der Waals surface area contributed by atoms with Crippen LogP contribution >= 0.6 is 7.47 Å². The molecule has 0 bridgehead atoms. The van der Waals surface area contributed by atoms with Crippen LogP contribution in [0.15, 0.2) is 0 Å². The van der Waals surface area contributed by atoms with Crippen LogP contribution in [0.1, 0.15) is 0 Å². The number of hydrogen-bond acceptors (Lipinski definition) is 8. The van der Waals surface area contributed by atoms with E-state index in [0.29, 0.717) is 0 Å². The average Bonchev–Trinajstić information content (AvgIpc) is 2.22. The van der Waals surface area contributed by atoms with Crippen molar-refractivity contribution in [1.82, 2.24) is 0 Å². The number of alkyl halides is 2. The van der Waals surface area contributed by atoms with Gasteiger partial charge in [-0.15, -0.1) is 0 Å². The Labute approximate surface area is 117 Å². The minimum absolute atomic E-state index is 0. The Kier molecular flexibility index (Phi) is 3.20. The maximum Gasteiger partial charge on any atom is 1.00 e. The van der Waals surface area contributed by atoms with Gasteiger partial charge in [-0.1, -0.05) is 0 Å². The van der Waals surface area contributed by atoms with Crippen molar-refractivity contribution in [2.45, 2.75) is 12.3 Å². The predicted molar refractivity (Wildman–Crippen MR) is 43.3 cm³/mol. The summed E-state index contributed by atoms with van der Waals surface area (Å²) in [6, 6.07) is 0. The van der Waals surface area contributed by atoms with Crippen LogP contribution in [0.3, 0.4) is 0 Å². The molecule has 0 amide bonds. The molecular weight excluding hydrogens is 314 g/mol. The fraction of sp³-hybridized carbons (Fsp3) is 0.333. The summed E-state index contributed by atoms with van der Waals surface area (Å²) in [5, 5.41) is 0. The number of hydrogen-bond donors (Lipinski definition) is 0. The molecule has 8 nitrogen and oxygen atoms in total. The smallest absolute Gasteiger partial charge is 1.00 e. The van der Waals surface area contributed by atoms with E-state index in [0.717, 1.165) is 0 Å². The Bertz CT molecular complexity index is 468. The zero-order valence-corrected chi connectivity index (χ0v) is 10.3. The molecule has 0 saturated carbocycles. The Morgan fingerprint density at radius 3 is 1.10 bits per heavy atom. The van der Waals surface area contributed by atoms with Gasteiger partial charge in [0.25, 0.3) is 0 Å². The van der Waals surface area contributed by atoms with Crippen molar-refractivity contribution in [2.75, 3.05) is 0 Å². The average molecular weight is 316 g/mol. The van der Waals surface area contributed by atoms with Crippen LogP contribution in [0.2, 0.25) is 0 Å². The molecule has 108 valence electrons. The van der Waals surface area contributed by atoms with E-state index in [1.807, 2.05) is 0 Å². The zero-order valence-electron chi connectivity index (χ0n) is 9.38. The van der Waals surface area contributed by atoms with Crippen LogP contribution in [0.4, 0.5) is 17.2 Å². The van der Waals surface area contributed by atoms with E-state index < -0.39 is 43.7 Å². The molecule has 2 aliphatic rings. The van der Waals surface area contributed by atoms with Gasteiger partial charge in [0.15, 0.2) is 0 Å². The maximum absolute atomic E-state index is 14.1. The third-order valence-corrected chi connectivity index (χ3v) is 4.08. The molecule has 0 radical (unpaired) electrons. The van der Waals surface area contributed by atoms with E-state index in [9.17, 15) is 36.4 Å². The minimum atomic E-state index is -8.97. The van der Waals surface area contributed by atoms with E-state index >= 15 is 0 Å². The molecule has 2 fully saturated rings. The van der Waals surface area contributed by atoms with Gasteiger partial charge in [-0.25, -0.2) is 0 Å². The monoisotopic (exact) mass is 316 g/mol. The second-order valence-electron chi connectivity index (χ2n) is 3.43. The van der Waals surface area contributed by atoms with Gasteiger partial charge in [0.2, 0.25) is 0 Å². The largest absolute Gasteiger partial charge is 1.00 e. The van der Waals surface area contributed by atoms with Crippen molar-refractivity contribution in [3.8, 4) is 0 Å². The van der Waals surface area contributed by atoms with E-state index in [1.165, 1.54) is 0 Å². The van der Waals surface area contributed by atoms with Gasteiger partial charge in [-0.05, 0) is 0 Å². The molecule has 0 atom stereocenters. The van der Waals surface area contributed by atoms with Crippen molar-refractivity contribution in [3.63, 3.8) is 0 Å². The standard InChI is InChI=1S/C6H2F4O8P.Li/c7-1-3(11)15-19(9,10,16-4(1)12)17-5(13)2(8)6(14)18-19;/h1-2H;/q-1;+1. The van der Waals surface area contributed by atoms with Gasteiger partial charge in [0, 0.05) is 0 Å². The van der Waals surface area contributed by atoms with Crippen molar-refractivity contribution >= 4 is 31.4 Å². The Morgan fingerprint density at radius 1 is 0.700 bits per heavy atom. The van der Waals surface area contributed by atoms with Crippen molar-refractivity contribution in [3.05, 3.63) is 0 Å². The molecule has 0 aromatic rings. The number of rotatable bonds is 0. The topological polar surface area (TPSA) is 105 Å². The zero-order chi connectivity index (χ0) is 14.7. The number of halogens is 4. The van der Waals surface area contributed by atoms with Crippen LogP contribution in [-0.2, 0) is 37.3 Å². The molecule has 20 heavy (non-hydrogen) atoms. The summed E-state index contributed by atoms with van der Waals surface area (Å²) in [4.78, 5) is 43.1. The van der Waals surface area contributed by atoms with Crippen LogP contribution in [-0.4, -0.2) is 36.2 Å². The van der Waals surface area contributed by atoms with Gasteiger partial charge in [0.1, 0.15) is 0 Å². The summed E-state index contributed by atoms with van der Waals surface area (Å²) in [6.07, 6.45) is -6.50. The molecule has 14 heteroatoms. The van der Waals surface area contributed by atoms with Crippen molar-refractivity contribution in [1.29, 1.82) is 0 Å². The molecular formula is C6H2F4LiO8P. The summed E-state index contributed by atoms with van der Waals surface area (Å²) < 4.78 is 66.3. The maximum atomic E-state index is 14.1. The van der Waals surface area contributed by atoms with E-state index in [2.05, 4.69) is 18.1 Å². The van der Waals surface area contributed by atoms with Gasteiger partial charge < -0.3 is 0 Å². The Balaban J connectivity index is 0.00000200. The van der Waals surface area contributed by atoms with Crippen LogP contribution < -0.4 is 18.9 Å². The quantitative estimate of drug-likeness (QED) is 0.207. The first-order chi connectivity index (χ1) is 8.40. The van der Waals surface area contributed by atoms with Gasteiger partial charge >= 0.3 is 117 Å². The minimum Gasteiger partial charge on any atom is 1.00 e. The van der Waals surface area contributed by atoms with Gasteiger partial charge in [0.05, 0.1) is 0 Å². The first-order valence-electron chi connectivity index (χ1n) is 4.29. The first kappa shape index (κ1) is 16.7. The molecule has 2 rings (SSSR count). The fourth-order valence-corrected chi connectivity index (χ4v) is 3.22. The molecule has 2 saturated heterocycles. The normalized spacial score (nSPS) is 36.6. The molecule has 0 N–H and O–H groups in total. The third-order valence-electron chi connectivity index (χ3n) is 1.91. The number of carbonyl (C=O) groups is 4. The van der Waals surface area contributed by atoms with E-state index in [1.54, 1.807) is 0 Å². The van der Waals surface area contributed by atoms with Gasteiger partial charge in [-0.3, -0.25) is 0 Å². The Morgan fingerprint density at radius 2 is 0.900 bits per heavy atom. The fourth-order valence-electron chi connectivity index (χ4n) is 1.20. The molecule has 0 aromatic carbocycles. The summed E-state index contributed by atoms with van der Waals surface area (Å²) >= 11 is 0. The SMILES string of the molecule is O=C1O[P-]2(F)(F)(OC(=O)C1F)OC(=O)C(F)C(=O)O2.[Li+]. The second-order valence-corrected chi connectivity index (χ2v) is 6.29. The Hall–Kier alpha value is -1.37. The van der Waals surface area contributed by atoms with Gasteiger partial charge in [-0.2, -0.15) is 0 Å². The van der Waals surface area contributed by atoms with E-state index in [4.69, 9.17) is 0 Å². The molecule has 1 spiro atoms. The third kappa shape index (κ3) is 2.23. The van der Waals surface area contributed by atoms with Crippen LogP contribution in [0.5, 0.6) is 0 Å². The molecule has 0 aliphatic carbocycles. The summed E-state index contributed by atoms with van der Waals surface area (Å²) in [5.74, 6) is -10.0. The van der Waals surface area contributed by atoms with Crippen LogP contribution in [0, 0.1) is 0 Å². The summed E-state index contributed by atoms with van der Waals surface area (Å²) in [6.45, 7) is 0. The molecule has 0 aromatic heterocycles. The van der Waals surface area contributed by atoms with Crippen LogP contribution in [0.25, 0.3) is 0 Å². The van der Waals surface area contributed by atoms with E-state index in [-0.39, 0.29) is 18.9 Å². The number of carbonyl (C=O) groups excluding carboxylic acids is 4.